The van der Waals surface area contributed by atoms with Gasteiger partial charge < -0.3 is 5.32 Å². The number of nitrogens with one attached hydrogen (secondary N) is 1. The van der Waals surface area contributed by atoms with Crippen LogP contribution in [0.4, 0.5) is 0 Å². The van der Waals surface area contributed by atoms with Gasteiger partial charge in [0.2, 0.25) is 0 Å². The Morgan fingerprint density at radius 1 is 1.44 bits per heavy atom. The zero-order valence-electron chi connectivity index (χ0n) is 10.7. The van der Waals surface area contributed by atoms with Gasteiger partial charge in [0.1, 0.15) is 5.15 Å². The molecule has 4 heteroatoms. The summed E-state index contributed by atoms with van der Waals surface area (Å²) in [4.78, 5) is 15.8. The van der Waals surface area contributed by atoms with E-state index >= 15 is 0 Å². The van der Waals surface area contributed by atoms with Gasteiger partial charge >= 0.3 is 0 Å². The fourth-order valence-corrected chi connectivity index (χ4v) is 2.64. The van der Waals surface area contributed by atoms with Crippen LogP contribution in [0, 0.1) is 11.8 Å². The number of hydrogen-bond acceptors (Lipinski definition) is 2. The van der Waals surface area contributed by atoms with Crippen molar-refractivity contribution < 1.29 is 4.79 Å². The zero-order chi connectivity index (χ0) is 13.0. The molecular weight excluding hydrogens is 248 g/mol. The van der Waals surface area contributed by atoms with E-state index in [4.69, 9.17) is 11.6 Å². The fraction of sp³-hybridized carbons (Fsp3) is 0.571. The topological polar surface area (TPSA) is 42.0 Å². The van der Waals surface area contributed by atoms with Gasteiger partial charge in [-0.2, -0.15) is 0 Å². The molecular formula is C14H19ClN2O. The summed E-state index contributed by atoms with van der Waals surface area (Å²) < 4.78 is 0. The summed E-state index contributed by atoms with van der Waals surface area (Å²) in [5.41, 5.74) is 0.572. The first-order valence-electron chi connectivity index (χ1n) is 6.56. The lowest BCUT2D eigenvalue weighted by molar-refractivity contribution is 0.0936. The first-order chi connectivity index (χ1) is 8.66. The van der Waals surface area contributed by atoms with Crippen LogP contribution >= 0.6 is 11.6 Å². The van der Waals surface area contributed by atoms with Crippen molar-refractivity contribution in [1.82, 2.24) is 10.3 Å². The Morgan fingerprint density at radius 3 is 2.89 bits per heavy atom. The van der Waals surface area contributed by atoms with Crippen LogP contribution in [-0.2, 0) is 0 Å². The molecule has 98 valence electrons. The normalized spacial score (nSPS) is 23.7. The number of amides is 1. The highest BCUT2D eigenvalue weighted by Crippen LogP contribution is 2.28. The molecule has 2 rings (SSSR count). The van der Waals surface area contributed by atoms with Gasteiger partial charge in [-0.15, -0.1) is 0 Å². The van der Waals surface area contributed by atoms with E-state index in [9.17, 15) is 4.79 Å². The Morgan fingerprint density at radius 2 is 2.22 bits per heavy atom. The zero-order valence-corrected chi connectivity index (χ0v) is 11.4. The molecule has 1 heterocycles. The van der Waals surface area contributed by atoms with Gasteiger partial charge in [-0.1, -0.05) is 37.8 Å². The molecule has 1 amide bonds. The van der Waals surface area contributed by atoms with E-state index in [0.29, 0.717) is 22.6 Å². The van der Waals surface area contributed by atoms with Crippen molar-refractivity contribution in [3.05, 3.63) is 29.0 Å². The van der Waals surface area contributed by atoms with Crippen LogP contribution in [0.25, 0.3) is 0 Å². The molecule has 0 bridgehead atoms. The van der Waals surface area contributed by atoms with E-state index in [2.05, 4.69) is 17.2 Å². The lowest BCUT2D eigenvalue weighted by Gasteiger charge is -2.28. The lowest BCUT2D eigenvalue weighted by atomic mass is 9.80. The maximum Gasteiger partial charge on any atom is 0.252 e. The van der Waals surface area contributed by atoms with Crippen LogP contribution in [-0.4, -0.2) is 17.4 Å². The number of halogens is 1. The first kappa shape index (κ1) is 13.3. The Labute approximate surface area is 113 Å². The molecule has 2 atom stereocenters. The molecule has 3 nitrogen and oxygen atoms in total. The van der Waals surface area contributed by atoms with Crippen LogP contribution < -0.4 is 5.32 Å². The maximum absolute atomic E-state index is 11.9. The third-order valence-electron chi connectivity index (χ3n) is 3.80. The second-order valence-electron chi connectivity index (χ2n) is 5.10. The molecule has 1 N–H and O–H groups in total. The molecule has 18 heavy (non-hydrogen) atoms. The molecule has 1 aliphatic carbocycles. The van der Waals surface area contributed by atoms with Crippen LogP contribution in [0.15, 0.2) is 18.3 Å². The summed E-state index contributed by atoms with van der Waals surface area (Å²) >= 11 is 5.69. The number of carbonyl (C=O) groups excluding carboxylic acids is 1. The molecule has 1 aromatic heterocycles. The average Bonchev–Trinajstić information content (AvgIpc) is 2.38. The SMILES string of the molecule is CC1CCCCC1CNC(=O)c1ccc(Cl)nc1. The molecule has 2 unspecified atom stereocenters. The Hall–Kier alpha value is -1.09. The van der Waals surface area contributed by atoms with Crippen LogP contribution in [0.3, 0.4) is 0 Å². The molecule has 0 aromatic carbocycles. The molecule has 0 radical (unpaired) electrons. The van der Waals surface area contributed by atoms with Crippen molar-refractivity contribution in [3.63, 3.8) is 0 Å². The van der Waals surface area contributed by atoms with E-state index in [1.165, 1.54) is 31.9 Å². The Balaban J connectivity index is 1.86. The second-order valence-corrected chi connectivity index (χ2v) is 5.49. The first-order valence-corrected chi connectivity index (χ1v) is 6.94. The number of rotatable bonds is 3. The van der Waals surface area contributed by atoms with Crippen molar-refractivity contribution in [2.45, 2.75) is 32.6 Å². The molecule has 1 aliphatic rings. The quantitative estimate of drug-likeness (QED) is 0.853. The predicted octanol–water partition coefficient (Wildman–Crippen LogP) is 3.29. The van der Waals surface area contributed by atoms with Crippen molar-refractivity contribution in [3.8, 4) is 0 Å². The van der Waals surface area contributed by atoms with Gasteiger partial charge in [-0.3, -0.25) is 4.79 Å². The summed E-state index contributed by atoms with van der Waals surface area (Å²) in [5.74, 6) is 1.27. The van der Waals surface area contributed by atoms with Crippen LogP contribution in [0.2, 0.25) is 5.15 Å². The molecule has 0 spiro atoms. The van der Waals surface area contributed by atoms with Gasteiger partial charge in [-0.25, -0.2) is 4.98 Å². The number of hydrogen-bond donors (Lipinski definition) is 1. The summed E-state index contributed by atoms with van der Waals surface area (Å²) in [6.45, 7) is 3.04. The van der Waals surface area contributed by atoms with Gasteiger partial charge in [0, 0.05) is 12.7 Å². The summed E-state index contributed by atoms with van der Waals surface area (Å²) in [6.07, 6.45) is 6.63. The summed E-state index contributed by atoms with van der Waals surface area (Å²) in [5, 5.41) is 3.41. The summed E-state index contributed by atoms with van der Waals surface area (Å²) in [7, 11) is 0. The Bertz CT molecular complexity index is 405. The fourth-order valence-electron chi connectivity index (χ4n) is 2.53. The van der Waals surface area contributed by atoms with E-state index in [0.717, 1.165) is 6.54 Å². The van der Waals surface area contributed by atoms with Crippen LogP contribution in [0.1, 0.15) is 43.0 Å². The van der Waals surface area contributed by atoms with Crippen molar-refractivity contribution in [2.24, 2.45) is 11.8 Å². The molecule has 0 aliphatic heterocycles. The highest BCUT2D eigenvalue weighted by molar-refractivity contribution is 6.29. The number of carbonyl (C=O) groups is 1. The van der Waals surface area contributed by atoms with Crippen LogP contribution in [0.5, 0.6) is 0 Å². The minimum atomic E-state index is -0.0584. The predicted molar refractivity (Wildman–Crippen MR) is 72.7 cm³/mol. The minimum absolute atomic E-state index is 0.0584. The Kier molecular flexibility index (Phi) is 4.59. The van der Waals surface area contributed by atoms with Crippen molar-refractivity contribution >= 4 is 17.5 Å². The van der Waals surface area contributed by atoms with E-state index in [-0.39, 0.29) is 5.91 Å². The monoisotopic (exact) mass is 266 g/mol. The third kappa shape index (κ3) is 3.45. The minimum Gasteiger partial charge on any atom is -0.352 e. The van der Waals surface area contributed by atoms with Gasteiger partial charge in [-0.05, 0) is 30.4 Å². The lowest BCUT2D eigenvalue weighted by Crippen LogP contribution is -2.33. The second kappa shape index (κ2) is 6.19. The molecule has 1 fully saturated rings. The highest BCUT2D eigenvalue weighted by atomic mass is 35.5. The number of aromatic nitrogens is 1. The number of pyridine rings is 1. The standard InChI is InChI=1S/C14H19ClN2O/c1-10-4-2-3-5-11(10)8-17-14(18)12-6-7-13(15)16-9-12/h6-7,9-11H,2-5,8H2,1H3,(H,17,18). The van der Waals surface area contributed by atoms with Gasteiger partial charge in [0.15, 0.2) is 0 Å². The largest absolute Gasteiger partial charge is 0.352 e. The van der Waals surface area contributed by atoms with Gasteiger partial charge in [0.05, 0.1) is 5.56 Å². The number of nitrogens with zero attached hydrogens (tertiary/aromatic N) is 1. The van der Waals surface area contributed by atoms with E-state index < -0.39 is 0 Å². The van der Waals surface area contributed by atoms with Gasteiger partial charge in [0.25, 0.3) is 5.91 Å². The smallest absolute Gasteiger partial charge is 0.252 e. The average molecular weight is 267 g/mol. The molecule has 1 saturated carbocycles. The van der Waals surface area contributed by atoms with E-state index in [1.807, 2.05) is 0 Å². The van der Waals surface area contributed by atoms with Crippen molar-refractivity contribution in [1.29, 1.82) is 0 Å². The van der Waals surface area contributed by atoms with E-state index in [1.54, 1.807) is 12.1 Å². The summed E-state index contributed by atoms with van der Waals surface area (Å²) in [6, 6.07) is 3.34. The van der Waals surface area contributed by atoms with Crippen molar-refractivity contribution in [2.75, 3.05) is 6.54 Å². The highest BCUT2D eigenvalue weighted by Gasteiger charge is 2.21. The maximum atomic E-state index is 11.9. The third-order valence-corrected chi connectivity index (χ3v) is 4.03. The molecule has 1 aromatic rings. The molecule has 0 saturated heterocycles.